The number of carbonyl (C=O) groups excluding carboxylic acids is 1. The Labute approximate surface area is 139 Å². The van der Waals surface area contributed by atoms with E-state index in [-0.39, 0.29) is 17.1 Å². The normalized spacial score (nSPS) is 21.0. The number of rotatable bonds is 3. The topological polar surface area (TPSA) is 46.3 Å². The van der Waals surface area contributed by atoms with E-state index in [9.17, 15) is 9.18 Å². The van der Waals surface area contributed by atoms with E-state index in [0.29, 0.717) is 13.1 Å². The van der Waals surface area contributed by atoms with E-state index in [0.717, 1.165) is 33.8 Å². The van der Waals surface area contributed by atoms with Crippen molar-refractivity contribution in [2.75, 3.05) is 19.6 Å². The Morgan fingerprint density at radius 2 is 2.09 bits per heavy atom. The standard InChI is InChI=1S/C18H21FN2OS/c1-12-15(13-3-5-14(19)6-4-13)9-16(23-12)17(22)21-8-7-18(2,10-20)11-21/h3-6,9H,7-8,10-11,20H2,1-2H3. The molecule has 1 aromatic carbocycles. The highest BCUT2D eigenvalue weighted by molar-refractivity contribution is 7.14. The minimum atomic E-state index is -0.254. The van der Waals surface area contributed by atoms with E-state index in [2.05, 4.69) is 6.92 Å². The first-order valence-electron chi connectivity index (χ1n) is 7.78. The zero-order valence-electron chi connectivity index (χ0n) is 13.4. The summed E-state index contributed by atoms with van der Waals surface area (Å²) in [6.07, 6.45) is 0.949. The minimum absolute atomic E-state index is 0.0295. The van der Waals surface area contributed by atoms with Gasteiger partial charge in [0.05, 0.1) is 4.88 Å². The molecule has 2 N–H and O–H groups in total. The smallest absolute Gasteiger partial charge is 0.263 e. The van der Waals surface area contributed by atoms with Crippen LogP contribution in [0.1, 0.15) is 27.9 Å². The van der Waals surface area contributed by atoms with E-state index in [1.54, 1.807) is 12.1 Å². The SMILES string of the molecule is Cc1sc(C(=O)N2CCC(C)(CN)C2)cc1-c1ccc(F)cc1. The summed E-state index contributed by atoms with van der Waals surface area (Å²) < 4.78 is 13.1. The zero-order chi connectivity index (χ0) is 16.6. The van der Waals surface area contributed by atoms with Crippen molar-refractivity contribution >= 4 is 17.2 Å². The lowest BCUT2D eigenvalue weighted by atomic mass is 9.90. The number of likely N-dealkylation sites (tertiary alicyclic amines) is 1. The Morgan fingerprint density at radius 1 is 1.39 bits per heavy atom. The third-order valence-electron chi connectivity index (χ3n) is 4.62. The lowest BCUT2D eigenvalue weighted by Crippen LogP contribution is -2.34. The summed E-state index contributed by atoms with van der Waals surface area (Å²) in [7, 11) is 0. The molecule has 23 heavy (non-hydrogen) atoms. The summed E-state index contributed by atoms with van der Waals surface area (Å²) in [6, 6.07) is 8.32. The number of aryl methyl sites for hydroxylation is 1. The van der Waals surface area contributed by atoms with Crippen molar-refractivity contribution < 1.29 is 9.18 Å². The number of thiophene rings is 1. The molecule has 2 heterocycles. The molecule has 0 radical (unpaired) electrons. The minimum Gasteiger partial charge on any atom is -0.337 e. The number of benzene rings is 1. The summed E-state index contributed by atoms with van der Waals surface area (Å²) in [5.41, 5.74) is 7.79. The number of nitrogens with zero attached hydrogens (tertiary/aromatic N) is 1. The van der Waals surface area contributed by atoms with Crippen LogP contribution in [0.3, 0.4) is 0 Å². The molecule has 122 valence electrons. The van der Waals surface area contributed by atoms with Gasteiger partial charge >= 0.3 is 0 Å². The van der Waals surface area contributed by atoms with Crippen LogP contribution in [0.5, 0.6) is 0 Å². The van der Waals surface area contributed by atoms with Crippen LogP contribution < -0.4 is 5.73 Å². The molecule has 5 heteroatoms. The third-order valence-corrected chi connectivity index (χ3v) is 5.66. The van der Waals surface area contributed by atoms with Crippen LogP contribution in [-0.4, -0.2) is 30.4 Å². The summed E-state index contributed by atoms with van der Waals surface area (Å²) in [5.74, 6) is -0.181. The van der Waals surface area contributed by atoms with Gasteiger partial charge in [-0.25, -0.2) is 4.39 Å². The molecule has 0 saturated carbocycles. The van der Waals surface area contributed by atoms with Crippen molar-refractivity contribution in [1.29, 1.82) is 0 Å². The molecule has 2 aromatic rings. The van der Waals surface area contributed by atoms with E-state index >= 15 is 0 Å². The molecule has 1 fully saturated rings. The molecular weight excluding hydrogens is 311 g/mol. The predicted octanol–water partition coefficient (Wildman–Crippen LogP) is 3.67. The summed E-state index contributed by atoms with van der Waals surface area (Å²) in [5, 5.41) is 0. The highest BCUT2D eigenvalue weighted by Crippen LogP contribution is 2.34. The van der Waals surface area contributed by atoms with Crippen LogP contribution >= 0.6 is 11.3 Å². The van der Waals surface area contributed by atoms with Gasteiger partial charge in [-0.2, -0.15) is 0 Å². The monoisotopic (exact) mass is 332 g/mol. The van der Waals surface area contributed by atoms with E-state index < -0.39 is 0 Å². The maximum absolute atomic E-state index is 13.1. The largest absolute Gasteiger partial charge is 0.337 e. The summed E-state index contributed by atoms with van der Waals surface area (Å²) >= 11 is 1.50. The fourth-order valence-corrected chi connectivity index (χ4v) is 4.03. The average Bonchev–Trinajstić information content (AvgIpc) is 3.12. The Morgan fingerprint density at radius 3 is 2.70 bits per heavy atom. The van der Waals surface area contributed by atoms with Gasteiger partial charge in [-0.3, -0.25) is 4.79 Å². The third kappa shape index (κ3) is 3.16. The van der Waals surface area contributed by atoms with Crippen LogP contribution in [0, 0.1) is 18.2 Å². The Hall–Kier alpha value is -1.72. The maximum atomic E-state index is 13.1. The zero-order valence-corrected chi connectivity index (χ0v) is 14.3. The number of carbonyl (C=O) groups is 1. The second-order valence-corrected chi connectivity index (χ2v) is 7.84. The van der Waals surface area contributed by atoms with E-state index in [1.165, 1.54) is 23.5 Å². The summed E-state index contributed by atoms with van der Waals surface area (Å²) in [4.78, 5) is 16.4. The van der Waals surface area contributed by atoms with Gasteiger partial charge < -0.3 is 10.6 Å². The van der Waals surface area contributed by atoms with Crippen molar-refractivity contribution in [3.63, 3.8) is 0 Å². The predicted molar refractivity (Wildman–Crippen MR) is 92.1 cm³/mol. The van der Waals surface area contributed by atoms with Gasteiger partial charge in [0.2, 0.25) is 0 Å². The van der Waals surface area contributed by atoms with E-state index in [1.807, 2.05) is 17.9 Å². The number of amides is 1. The second-order valence-electron chi connectivity index (χ2n) is 6.58. The molecule has 0 spiro atoms. The molecule has 1 aliphatic heterocycles. The number of hydrogen-bond donors (Lipinski definition) is 1. The lowest BCUT2D eigenvalue weighted by molar-refractivity contribution is 0.0781. The fourth-order valence-electron chi connectivity index (χ4n) is 3.02. The molecule has 0 bridgehead atoms. The van der Waals surface area contributed by atoms with Gasteiger partial charge in [0.25, 0.3) is 5.91 Å². The Kier molecular flexibility index (Phi) is 4.25. The molecule has 0 aliphatic carbocycles. The van der Waals surface area contributed by atoms with Crippen LogP contribution in [0.2, 0.25) is 0 Å². The first-order chi connectivity index (χ1) is 10.9. The van der Waals surface area contributed by atoms with Crippen LogP contribution in [0.25, 0.3) is 11.1 Å². The quantitative estimate of drug-likeness (QED) is 0.932. The van der Waals surface area contributed by atoms with Crippen LogP contribution in [-0.2, 0) is 0 Å². The van der Waals surface area contributed by atoms with E-state index in [4.69, 9.17) is 5.73 Å². The lowest BCUT2D eigenvalue weighted by Gasteiger charge is -2.22. The Bertz CT molecular complexity index is 725. The molecule has 1 amide bonds. The molecule has 1 aromatic heterocycles. The second kappa shape index (κ2) is 6.06. The summed E-state index contributed by atoms with van der Waals surface area (Å²) in [6.45, 7) is 6.19. The number of hydrogen-bond acceptors (Lipinski definition) is 3. The van der Waals surface area contributed by atoms with Gasteiger partial charge in [-0.05, 0) is 54.6 Å². The molecule has 1 unspecified atom stereocenters. The highest BCUT2D eigenvalue weighted by Gasteiger charge is 2.35. The Balaban J connectivity index is 1.83. The van der Waals surface area contributed by atoms with Crippen molar-refractivity contribution in [1.82, 2.24) is 4.90 Å². The van der Waals surface area contributed by atoms with Crippen molar-refractivity contribution in [3.8, 4) is 11.1 Å². The number of halogens is 1. The highest BCUT2D eigenvalue weighted by atomic mass is 32.1. The molecule has 1 atom stereocenters. The first-order valence-corrected chi connectivity index (χ1v) is 8.59. The first kappa shape index (κ1) is 16.1. The molecule has 1 aliphatic rings. The van der Waals surface area contributed by atoms with Crippen molar-refractivity contribution in [2.45, 2.75) is 20.3 Å². The average molecular weight is 332 g/mol. The molecular formula is C18H21FN2OS. The van der Waals surface area contributed by atoms with Gasteiger partial charge in [-0.15, -0.1) is 11.3 Å². The van der Waals surface area contributed by atoms with Crippen molar-refractivity contribution in [3.05, 3.63) is 45.9 Å². The molecule has 3 nitrogen and oxygen atoms in total. The van der Waals surface area contributed by atoms with Gasteiger partial charge in [0.1, 0.15) is 5.82 Å². The fraction of sp³-hybridized carbons (Fsp3) is 0.389. The molecule has 1 saturated heterocycles. The maximum Gasteiger partial charge on any atom is 0.263 e. The van der Waals surface area contributed by atoms with Gasteiger partial charge in [0.15, 0.2) is 0 Å². The van der Waals surface area contributed by atoms with Gasteiger partial charge in [-0.1, -0.05) is 19.1 Å². The van der Waals surface area contributed by atoms with Crippen molar-refractivity contribution in [2.24, 2.45) is 11.1 Å². The van der Waals surface area contributed by atoms with Crippen LogP contribution in [0.15, 0.2) is 30.3 Å². The van der Waals surface area contributed by atoms with Gasteiger partial charge in [0, 0.05) is 18.0 Å². The van der Waals surface area contributed by atoms with Crippen LogP contribution in [0.4, 0.5) is 4.39 Å². The number of nitrogens with two attached hydrogens (primary N) is 1. The molecule has 3 rings (SSSR count).